The van der Waals surface area contributed by atoms with Gasteiger partial charge in [-0.2, -0.15) is 0 Å². The van der Waals surface area contributed by atoms with Crippen LogP contribution < -0.4 is 5.73 Å². The van der Waals surface area contributed by atoms with Crippen LogP contribution in [-0.4, -0.2) is 10.7 Å². The molecular formula is C15H18N2S2. The molecule has 1 aliphatic rings. The second-order valence-electron chi connectivity index (χ2n) is 4.79. The predicted molar refractivity (Wildman–Crippen MR) is 83.8 cm³/mol. The summed E-state index contributed by atoms with van der Waals surface area (Å²) in [4.78, 5) is 7.40. The molecule has 0 aliphatic heterocycles. The summed E-state index contributed by atoms with van der Waals surface area (Å²) < 4.78 is 0. The van der Waals surface area contributed by atoms with Crippen LogP contribution in [0.2, 0.25) is 0 Å². The van der Waals surface area contributed by atoms with E-state index in [1.165, 1.54) is 27.5 Å². The van der Waals surface area contributed by atoms with Crippen molar-refractivity contribution in [3.8, 4) is 10.6 Å². The molecule has 1 unspecified atom stereocenters. The number of rotatable bonds is 3. The summed E-state index contributed by atoms with van der Waals surface area (Å²) in [5.41, 5.74) is 8.61. The molecule has 1 atom stereocenters. The van der Waals surface area contributed by atoms with Gasteiger partial charge in [-0.3, -0.25) is 0 Å². The first-order valence-corrected chi connectivity index (χ1v) is 8.56. The van der Waals surface area contributed by atoms with Gasteiger partial charge in [0.1, 0.15) is 5.01 Å². The number of nitrogens with two attached hydrogens (primary N) is 1. The van der Waals surface area contributed by atoms with E-state index in [-0.39, 0.29) is 6.04 Å². The van der Waals surface area contributed by atoms with E-state index in [0.717, 1.165) is 23.6 Å². The van der Waals surface area contributed by atoms with Crippen LogP contribution in [0.15, 0.2) is 29.2 Å². The lowest BCUT2D eigenvalue weighted by molar-refractivity contribution is 0.573. The van der Waals surface area contributed by atoms with Gasteiger partial charge in [-0.15, -0.1) is 23.1 Å². The molecule has 0 bridgehead atoms. The van der Waals surface area contributed by atoms with Crippen molar-refractivity contribution in [3.63, 3.8) is 0 Å². The Bertz CT molecular complexity index is 560. The van der Waals surface area contributed by atoms with Crippen molar-refractivity contribution in [2.24, 2.45) is 5.73 Å². The van der Waals surface area contributed by atoms with Crippen LogP contribution in [0.25, 0.3) is 10.6 Å². The van der Waals surface area contributed by atoms with Crippen molar-refractivity contribution >= 4 is 23.1 Å². The zero-order valence-corrected chi connectivity index (χ0v) is 12.7. The van der Waals surface area contributed by atoms with Crippen molar-refractivity contribution in [1.29, 1.82) is 0 Å². The van der Waals surface area contributed by atoms with Gasteiger partial charge in [0.15, 0.2) is 0 Å². The fraction of sp³-hybridized carbons (Fsp3) is 0.400. The molecule has 0 fully saturated rings. The highest BCUT2D eigenvalue weighted by Gasteiger charge is 2.21. The Labute approximate surface area is 122 Å². The van der Waals surface area contributed by atoms with Crippen molar-refractivity contribution in [2.45, 2.75) is 37.1 Å². The van der Waals surface area contributed by atoms with E-state index in [4.69, 9.17) is 10.7 Å². The fourth-order valence-electron chi connectivity index (χ4n) is 2.44. The first-order chi connectivity index (χ1) is 9.28. The van der Waals surface area contributed by atoms with Crippen LogP contribution in [0.4, 0.5) is 0 Å². The van der Waals surface area contributed by atoms with Crippen LogP contribution in [0.3, 0.4) is 0 Å². The van der Waals surface area contributed by atoms with Gasteiger partial charge in [0.2, 0.25) is 0 Å². The minimum absolute atomic E-state index is 0.199. The third-order valence-electron chi connectivity index (χ3n) is 3.41. The summed E-state index contributed by atoms with van der Waals surface area (Å²) in [6, 6.07) is 8.92. The first kappa shape index (κ1) is 13.2. The summed E-state index contributed by atoms with van der Waals surface area (Å²) >= 11 is 3.64. The van der Waals surface area contributed by atoms with E-state index in [9.17, 15) is 0 Å². The van der Waals surface area contributed by atoms with Crippen LogP contribution in [0.5, 0.6) is 0 Å². The standard InChI is InChI=1S/C15H18N2S2/c1-2-18-11-8-6-10(7-9-11)15-17-13-5-3-4-12(16)14(13)19-15/h6-9,12H,2-5,16H2,1H3. The van der Waals surface area contributed by atoms with E-state index in [1.54, 1.807) is 11.3 Å². The molecule has 2 N–H and O–H groups in total. The van der Waals surface area contributed by atoms with E-state index in [2.05, 4.69) is 31.2 Å². The number of hydrogen-bond acceptors (Lipinski definition) is 4. The molecular weight excluding hydrogens is 272 g/mol. The van der Waals surface area contributed by atoms with Gasteiger partial charge < -0.3 is 5.73 Å². The van der Waals surface area contributed by atoms with Crippen molar-refractivity contribution in [3.05, 3.63) is 34.8 Å². The SMILES string of the molecule is CCSc1ccc(-c2nc3c(s2)C(N)CCC3)cc1. The number of fused-ring (bicyclic) bond motifs is 1. The lowest BCUT2D eigenvalue weighted by Gasteiger charge is -2.15. The third-order valence-corrected chi connectivity index (χ3v) is 5.58. The van der Waals surface area contributed by atoms with Gasteiger partial charge >= 0.3 is 0 Å². The summed E-state index contributed by atoms with van der Waals surface area (Å²) in [6.07, 6.45) is 3.35. The first-order valence-electron chi connectivity index (χ1n) is 6.76. The molecule has 0 amide bonds. The Morgan fingerprint density at radius 2 is 2.16 bits per heavy atom. The number of nitrogens with zero attached hydrogens (tertiary/aromatic N) is 1. The monoisotopic (exact) mass is 290 g/mol. The Balaban J connectivity index is 1.89. The molecule has 2 nitrogen and oxygen atoms in total. The van der Waals surface area contributed by atoms with Crippen molar-refractivity contribution in [1.82, 2.24) is 4.98 Å². The quantitative estimate of drug-likeness (QED) is 0.859. The Hall–Kier alpha value is -0.840. The lowest BCUT2D eigenvalue weighted by Crippen LogP contribution is -2.15. The molecule has 100 valence electrons. The van der Waals surface area contributed by atoms with Crippen LogP contribution in [-0.2, 0) is 6.42 Å². The van der Waals surface area contributed by atoms with Crippen molar-refractivity contribution < 1.29 is 0 Å². The molecule has 0 radical (unpaired) electrons. The smallest absolute Gasteiger partial charge is 0.123 e. The predicted octanol–water partition coefficient (Wildman–Crippen LogP) is 4.26. The highest BCUT2D eigenvalue weighted by Crippen LogP contribution is 2.37. The molecule has 0 saturated heterocycles. The number of aryl methyl sites for hydroxylation is 1. The molecule has 1 heterocycles. The lowest BCUT2D eigenvalue weighted by atomic mass is 9.99. The highest BCUT2D eigenvalue weighted by molar-refractivity contribution is 7.99. The number of aromatic nitrogens is 1. The normalized spacial score (nSPS) is 18.3. The van der Waals surface area contributed by atoms with Gasteiger partial charge in [0.25, 0.3) is 0 Å². The van der Waals surface area contributed by atoms with Gasteiger partial charge in [0, 0.05) is 21.4 Å². The van der Waals surface area contributed by atoms with Crippen LogP contribution in [0, 0.1) is 0 Å². The third kappa shape index (κ3) is 2.71. The zero-order valence-electron chi connectivity index (χ0n) is 11.1. The molecule has 1 aromatic heterocycles. The average molecular weight is 290 g/mol. The van der Waals surface area contributed by atoms with Gasteiger partial charge in [-0.1, -0.05) is 19.1 Å². The maximum absolute atomic E-state index is 6.17. The van der Waals surface area contributed by atoms with Gasteiger partial charge in [-0.05, 0) is 37.1 Å². The molecule has 19 heavy (non-hydrogen) atoms. The Morgan fingerprint density at radius 3 is 2.84 bits per heavy atom. The summed E-state index contributed by atoms with van der Waals surface area (Å²) in [5.74, 6) is 1.11. The summed E-state index contributed by atoms with van der Waals surface area (Å²) in [7, 11) is 0. The zero-order chi connectivity index (χ0) is 13.2. The van der Waals surface area contributed by atoms with Gasteiger partial charge in [0.05, 0.1) is 5.69 Å². The number of thioether (sulfide) groups is 1. The van der Waals surface area contributed by atoms with Crippen LogP contribution >= 0.6 is 23.1 Å². The topological polar surface area (TPSA) is 38.9 Å². The van der Waals surface area contributed by atoms with E-state index in [1.807, 2.05) is 11.8 Å². The molecule has 1 aromatic carbocycles. The Morgan fingerprint density at radius 1 is 1.37 bits per heavy atom. The maximum Gasteiger partial charge on any atom is 0.123 e. The Kier molecular flexibility index (Phi) is 3.91. The minimum atomic E-state index is 0.199. The van der Waals surface area contributed by atoms with E-state index < -0.39 is 0 Å². The maximum atomic E-state index is 6.17. The second kappa shape index (κ2) is 5.65. The van der Waals surface area contributed by atoms with E-state index >= 15 is 0 Å². The fourth-order valence-corrected chi connectivity index (χ4v) is 4.25. The van der Waals surface area contributed by atoms with Gasteiger partial charge in [-0.25, -0.2) is 4.98 Å². The van der Waals surface area contributed by atoms with Crippen LogP contribution in [0.1, 0.15) is 36.4 Å². The molecule has 3 rings (SSSR count). The number of hydrogen-bond donors (Lipinski definition) is 1. The molecule has 2 aromatic rings. The molecule has 1 aliphatic carbocycles. The number of benzene rings is 1. The van der Waals surface area contributed by atoms with Crippen molar-refractivity contribution in [2.75, 3.05) is 5.75 Å². The summed E-state index contributed by atoms with van der Waals surface area (Å²) in [5, 5.41) is 1.12. The minimum Gasteiger partial charge on any atom is -0.323 e. The molecule has 0 saturated carbocycles. The second-order valence-corrected chi connectivity index (χ2v) is 7.15. The van der Waals surface area contributed by atoms with E-state index in [0.29, 0.717) is 0 Å². The molecule has 0 spiro atoms. The summed E-state index contributed by atoms with van der Waals surface area (Å²) in [6.45, 7) is 2.18. The molecule has 4 heteroatoms. The average Bonchev–Trinajstić information content (AvgIpc) is 2.85. The highest BCUT2D eigenvalue weighted by atomic mass is 32.2. The number of thiazole rings is 1. The largest absolute Gasteiger partial charge is 0.323 e.